The first-order chi connectivity index (χ1) is 8.97. The minimum Gasteiger partial charge on any atom is -0.389 e. The maximum atomic E-state index is 9.59. The second-order valence-electron chi connectivity index (χ2n) is 5.35. The standard InChI is InChI=1S/C14H21BrN2O2/c1-9(2)16-6-10-3-4-11(5-12(10)15)17-7-13(18)14(19)8-17/h3-5,9,13-14,16,18-19H,6-8H2,1-2H3. The second-order valence-corrected chi connectivity index (χ2v) is 6.21. The molecule has 0 aliphatic carbocycles. The Morgan fingerprint density at radius 2 is 1.95 bits per heavy atom. The Morgan fingerprint density at radius 1 is 1.32 bits per heavy atom. The summed E-state index contributed by atoms with van der Waals surface area (Å²) in [6, 6.07) is 6.61. The highest BCUT2D eigenvalue weighted by molar-refractivity contribution is 9.10. The first kappa shape index (κ1) is 14.8. The molecule has 0 bridgehead atoms. The van der Waals surface area contributed by atoms with Crippen molar-refractivity contribution < 1.29 is 10.2 Å². The van der Waals surface area contributed by atoms with Gasteiger partial charge in [-0.15, -0.1) is 0 Å². The zero-order chi connectivity index (χ0) is 14.0. The predicted octanol–water partition coefficient (Wildman–Crippen LogP) is 1.49. The summed E-state index contributed by atoms with van der Waals surface area (Å²) in [5, 5.41) is 22.6. The molecule has 0 saturated carbocycles. The van der Waals surface area contributed by atoms with Gasteiger partial charge in [-0.05, 0) is 17.7 Å². The minimum absolute atomic E-state index is 0.454. The number of hydrogen-bond acceptors (Lipinski definition) is 4. The Morgan fingerprint density at radius 3 is 2.47 bits per heavy atom. The van der Waals surface area contributed by atoms with Crippen molar-refractivity contribution in [1.29, 1.82) is 0 Å². The van der Waals surface area contributed by atoms with Crippen LogP contribution < -0.4 is 10.2 Å². The fourth-order valence-electron chi connectivity index (χ4n) is 2.17. The number of aliphatic hydroxyl groups is 2. The van der Waals surface area contributed by atoms with Crippen molar-refractivity contribution in [2.45, 2.75) is 38.6 Å². The zero-order valence-electron chi connectivity index (χ0n) is 11.3. The van der Waals surface area contributed by atoms with E-state index in [0.717, 1.165) is 16.7 Å². The molecule has 1 aliphatic rings. The number of halogens is 1. The summed E-state index contributed by atoms with van der Waals surface area (Å²) in [4.78, 5) is 2.00. The van der Waals surface area contributed by atoms with Crippen LogP contribution in [-0.2, 0) is 6.54 Å². The van der Waals surface area contributed by atoms with Gasteiger partial charge in [-0.3, -0.25) is 0 Å². The van der Waals surface area contributed by atoms with E-state index in [9.17, 15) is 10.2 Å². The Balaban J connectivity index is 2.06. The number of nitrogens with zero attached hydrogens (tertiary/aromatic N) is 1. The molecule has 1 fully saturated rings. The molecular weight excluding hydrogens is 308 g/mol. The van der Waals surface area contributed by atoms with Gasteiger partial charge < -0.3 is 20.4 Å². The van der Waals surface area contributed by atoms with E-state index < -0.39 is 12.2 Å². The van der Waals surface area contributed by atoms with Crippen molar-refractivity contribution in [1.82, 2.24) is 5.32 Å². The van der Waals surface area contributed by atoms with Crippen LogP contribution in [0, 0.1) is 0 Å². The monoisotopic (exact) mass is 328 g/mol. The molecule has 1 aromatic rings. The predicted molar refractivity (Wildman–Crippen MR) is 80.3 cm³/mol. The maximum Gasteiger partial charge on any atom is 0.0990 e. The number of nitrogens with one attached hydrogen (secondary N) is 1. The van der Waals surface area contributed by atoms with Gasteiger partial charge in [-0.1, -0.05) is 35.8 Å². The van der Waals surface area contributed by atoms with Gasteiger partial charge in [0.2, 0.25) is 0 Å². The number of β-amino-alcohol motifs (C(OH)–C–C–N with tert-alkyl or cyclic N) is 2. The van der Waals surface area contributed by atoms with Crippen molar-refractivity contribution in [3.8, 4) is 0 Å². The van der Waals surface area contributed by atoms with Crippen LogP contribution in [0.5, 0.6) is 0 Å². The summed E-state index contributed by atoms with van der Waals surface area (Å²) in [6.07, 6.45) is -1.30. The summed E-state index contributed by atoms with van der Waals surface area (Å²) in [5.74, 6) is 0. The molecule has 19 heavy (non-hydrogen) atoms. The summed E-state index contributed by atoms with van der Waals surface area (Å²) in [5.41, 5.74) is 2.23. The van der Waals surface area contributed by atoms with Crippen molar-refractivity contribution in [2.75, 3.05) is 18.0 Å². The molecule has 1 heterocycles. The molecule has 2 unspecified atom stereocenters. The molecule has 2 atom stereocenters. The highest BCUT2D eigenvalue weighted by Gasteiger charge is 2.29. The third kappa shape index (κ3) is 3.69. The lowest BCUT2D eigenvalue weighted by molar-refractivity contribution is 0.0572. The zero-order valence-corrected chi connectivity index (χ0v) is 12.9. The molecule has 1 saturated heterocycles. The molecule has 2 rings (SSSR count). The molecular formula is C14H21BrN2O2. The number of rotatable bonds is 4. The first-order valence-corrected chi connectivity index (χ1v) is 7.39. The lowest BCUT2D eigenvalue weighted by Gasteiger charge is -2.19. The van der Waals surface area contributed by atoms with Crippen LogP contribution in [-0.4, -0.2) is 41.6 Å². The van der Waals surface area contributed by atoms with E-state index in [2.05, 4.69) is 41.2 Å². The van der Waals surface area contributed by atoms with Crippen LogP contribution >= 0.6 is 15.9 Å². The van der Waals surface area contributed by atoms with Gasteiger partial charge in [0.25, 0.3) is 0 Å². The molecule has 0 spiro atoms. The van der Waals surface area contributed by atoms with Gasteiger partial charge in [-0.2, -0.15) is 0 Å². The maximum absolute atomic E-state index is 9.59. The van der Waals surface area contributed by atoms with Crippen molar-refractivity contribution in [3.63, 3.8) is 0 Å². The number of hydrogen-bond donors (Lipinski definition) is 3. The third-order valence-electron chi connectivity index (χ3n) is 3.36. The van der Waals surface area contributed by atoms with Crippen molar-refractivity contribution >= 4 is 21.6 Å². The topological polar surface area (TPSA) is 55.7 Å². The van der Waals surface area contributed by atoms with Crippen LogP contribution in [0.3, 0.4) is 0 Å². The van der Waals surface area contributed by atoms with Crippen LogP contribution in [0.1, 0.15) is 19.4 Å². The summed E-state index contributed by atoms with van der Waals surface area (Å²) < 4.78 is 1.05. The summed E-state index contributed by atoms with van der Waals surface area (Å²) in [7, 11) is 0. The Hall–Kier alpha value is -0.620. The van der Waals surface area contributed by atoms with E-state index in [1.54, 1.807) is 0 Å². The molecule has 0 amide bonds. The van der Waals surface area contributed by atoms with Crippen molar-refractivity contribution in [2.24, 2.45) is 0 Å². The molecule has 1 aromatic carbocycles. The fraction of sp³-hybridized carbons (Fsp3) is 0.571. The SMILES string of the molecule is CC(C)NCc1ccc(N2CC(O)C(O)C2)cc1Br. The Labute approximate surface area is 122 Å². The lowest BCUT2D eigenvalue weighted by Crippen LogP contribution is -2.23. The lowest BCUT2D eigenvalue weighted by atomic mass is 10.2. The van der Waals surface area contributed by atoms with E-state index in [0.29, 0.717) is 19.1 Å². The highest BCUT2D eigenvalue weighted by Crippen LogP contribution is 2.27. The van der Waals surface area contributed by atoms with Gasteiger partial charge in [0.15, 0.2) is 0 Å². The van der Waals surface area contributed by atoms with Crippen LogP contribution in [0.2, 0.25) is 0 Å². The number of aliphatic hydroxyl groups excluding tert-OH is 2. The normalized spacial score (nSPS) is 23.4. The summed E-state index contributed by atoms with van der Waals surface area (Å²) in [6.45, 7) is 6.03. The Bertz CT molecular complexity index is 429. The Kier molecular flexibility index (Phi) is 4.84. The van der Waals surface area contributed by atoms with Gasteiger partial charge in [-0.25, -0.2) is 0 Å². The average molecular weight is 329 g/mol. The van der Waals surface area contributed by atoms with Gasteiger partial charge in [0.1, 0.15) is 0 Å². The van der Waals surface area contributed by atoms with Crippen LogP contribution in [0.15, 0.2) is 22.7 Å². The van der Waals surface area contributed by atoms with E-state index in [1.165, 1.54) is 5.56 Å². The molecule has 4 nitrogen and oxygen atoms in total. The molecule has 0 aromatic heterocycles. The van der Waals surface area contributed by atoms with Gasteiger partial charge in [0.05, 0.1) is 12.2 Å². The van der Waals surface area contributed by atoms with Crippen LogP contribution in [0.4, 0.5) is 5.69 Å². The largest absolute Gasteiger partial charge is 0.389 e. The van der Waals surface area contributed by atoms with E-state index >= 15 is 0 Å². The molecule has 3 N–H and O–H groups in total. The van der Waals surface area contributed by atoms with Gasteiger partial charge >= 0.3 is 0 Å². The van der Waals surface area contributed by atoms with Crippen molar-refractivity contribution in [3.05, 3.63) is 28.2 Å². The van der Waals surface area contributed by atoms with E-state index in [-0.39, 0.29) is 0 Å². The van der Waals surface area contributed by atoms with E-state index in [4.69, 9.17) is 0 Å². The second kappa shape index (κ2) is 6.22. The minimum atomic E-state index is -0.652. The average Bonchev–Trinajstić information content (AvgIpc) is 2.68. The van der Waals surface area contributed by atoms with Crippen LogP contribution in [0.25, 0.3) is 0 Å². The molecule has 0 radical (unpaired) electrons. The number of anilines is 1. The third-order valence-corrected chi connectivity index (χ3v) is 4.10. The fourth-order valence-corrected chi connectivity index (χ4v) is 2.68. The quantitative estimate of drug-likeness (QED) is 0.783. The van der Waals surface area contributed by atoms with Gasteiger partial charge in [0, 0.05) is 35.8 Å². The summed E-state index contributed by atoms with van der Waals surface area (Å²) >= 11 is 3.58. The molecule has 1 aliphatic heterocycles. The molecule has 106 valence electrons. The van der Waals surface area contributed by atoms with E-state index in [1.807, 2.05) is 17.0 Å². The molecule has 5 heteroatoms. The smallest absolute Gasteiger partial charge is 0.0990 e. The highest BCUT2D eigenvalue weighted by atomic mass is 79.9. The number of benzene rings is 1. The first-order valence-electron chi connectivity index (χ1n) is 6.60.